The molecular weight excluding hydrogens is 260 g/mol. The van der Waals surface area contributed by atoms with Gasteiger partial charge in [0.1, 0.15) is 0 Å². The zero-order valence-electron chi connectivity index (χ0n) is 13.8. The highest BCUT2D eigenvalue weighted by molar-refractivity contribution is 5.25. The minimum atomic E-state index is 0.495. The summed E-state index contributed by atoms with van der Waals surface area (Å²) in [6.45, 7) is 8.20. The fourth-order valence-corrected chi connectivity index (χ4v) is 2.86. The molecular formula is C18H30N2O. The van der Waals surface area contributed by atoms with Crippen molar-refractivity contribution in [2.45, 2.75) is 71.9 Å². The molecule has 3 nitrogen and oxygen atoms in total. The van der Waals surface area contributed by atoms with E-state index in [0.717, 1.165) is 37.1 Å². The van der Waals surface area contributed by atoms with Gasteiger partial charge < -0.3 is 10.1 Å². The van der Waals surface area contributed by atoms with Crippen LogP contribution in [0.25, 0.3) is 0 Å². The van der Waals surface area contributed by atoms with Gasteiger partial charge in [-0.15, -0.1) is 0 Å². The van der Waals surface area contributed by atoms with Crippen molar-refractivity contribution in [3.8, 4) is 5.88 Å². The first kappa shape index (κ1) is 16.3. The lowest BCUT2D eigenvalue weighted by molar-refractivity contribution is 0.202. The van der Waals surface area contributed by atoms with E-state index >= 15 is 0 Å². The van der Waals surface area contributed by atoms with Gasteiger partial charge in [0, 0.05) is 24.3 Å². The molecule has 0 spiro atoms. The zero-order valence-corrected chi connectivity index (χ0v) is 13.8. The van der Waals surface area contributed by atoms with E-state index in [1.165, 1.54) is 37.7 Å². The monoisotopic (exact) mass is 290 g/mol. The van der Waals surface area contributed by atoms with Crippen molar-refractivity contribution >= 4 is 0 Å². The molecule has 2 rings (SSSR count). The van der Waals surface area contributed by atoms with Gasteiger partial charge in [0.25, 0.3) is 0 Å². The number of pyridine rings is 1. The lowest BCUT2D eigenvalue weighted by Gasteiger charge is -2.21. The standard InChI is InChI=1S/C18H30N2O/c1-4-17-10-16(12-19-14(2)3)11-18(20-17)21-13-15-8-6-5-7-9-15/h10-11,14-15,19H,4-9,12-13H2,1-3H3. The molecule has 0 radical (unpaired) electrons. The van der Waals surface area contributed by atoms with Crippen molar-refractivity contribution < 1.29 is 4.74 Å². The maximum atomic E-state index is 6.00. The summed E-state index contributed by atoms with van der Waals surface area (Å²) in [7, 11) is 0. The third-order valence-corrected chi connectivity index (χ3v) is 4.18. The van der Waals surface area contributed by atoms with Gasteiger partial charge in [0.05, 0.1) is 6.61 Å². The molecule has 1 saturated carbocycles. The largest absolute Gasteiger partial charge is 0.477 e. The molecule has 118 valence electrons. The van der Waals surface area contributed by atoms with Gasteiger partial charge in [-0.25, -0.2) is 4.98 Å². The molecule has 1 heterocycles. The van der Waals surface area contributed by atoms with Crippen LogP contribution in [-0.4, -0.2) is 17.6 Å². The highest BCUT2D eigenvalue weighted by atomic mass is 16.5. The van der Waals surface area contributed by atoms with Gasteiger partial charge in [-0.05, 0) is 36.8 Å². The molecule has 3 heteroatoms. The Bertz CT molecular complexity index is 425. The van der Waals surface area contributed by atoms with Crippen LogP contribution in [0.1, 0.15) is 64.1 Å². The predicted octanol–water partition coefficient (Wildman–Crippen LogP) is 4.10. The molecule has 1 aromatic heterocycles. The summed E-state index contributed by atoms with van der Waals surface area (Å²) in [5.41, 5.74) is 2.39. The first-order chi connectivity index (χ1) is 10.2. The van der Waals surface area contributed by atoms with Gasteiger partial charge in [0.15, 0.2) is 0 Å². The summed E-state index contributed by atoms with van der Waals surface area (Å²) in [5.74, 6) is 1.53. The third kappa shape index (κ3) is 5.66. The maximum absolute atomic E-state index is 6.00. The Hall–Kier alpha value is -1.09. The Morgan fingerprint density at radius 3 is 2.67 bits per heavy atom. The predicted molar refractivity (Wildman–Crippen MR) is 87.7 cm³/mol. The van der Waals surface area contributed by atoms with Crippen LogP contribution in [0.5, 0.6) is 5.88 Å². The minimum absolute atomic E-state index is 0.495. The highest BCUT2D eigenvalue weighted by Crippen LogP contribution is 2.24. The molecule has 0 amide bonds. The number of ether oxygens (including phenoxy) is 1. The first-order valence-corrected chi connectivity index (χ1v) is 8.53. The van der Waals surface area contributed by atoms with Crippen LogP contribution in [-0.2, 0) is 13.0 Å². The molecule has 1 aliphatic carbocycles. The number of aryl methyl sites for hydroxylation is 1. The van der Waals surface area contributed by atoms with Crippen molar-refractivity contribution in [1.82, 2.24) is 10.3 Å². The topological polar surface area (TPSA) is 34.1 Å². The molecule has 0 bridgehead atoms. The number of hydrogen-bond acceptors (Lipinski definition) is 3. The number of aromatic nitrogens is 1. The Balaban J connectivity index is 1.94. The van der Waals surface area contributed by atoms with Crippen LogP contribution in [0.3, 0.4) is 0 Å². The normalized spacial score (nSPS) is 16.4. The maximum Gasteiger partial charge on any atom is 0.213 e. The molecule has 1 fully saturated rings. The van der Waals surface area contributed by atoms with Gasteiger partial charge in [-0.1, -0.05) is 40.0 Å². The lowest BCUT2D eigenvalue weighted by atomic mass is 9.90. The molecule has 0 aromatic carbocycles. The molecule has 0 aliphatic heterocycles. The summed E-state index contributed by atoms with van der Waals surface area (Å²) in [6, 6.07) is 4.77. The molecule has 1 aliphatic rings. The quantitative estimate of drug-likeness (QED) is 0.821. The van der Waals surface area contributed by atoms with E-state index in [1.807, 2.05) is 0 Å². The second-order valence-corrected chi connectivity index (χ2v) is 6.51. The minimum Gasteiger partial charge on any atom is -0.477 e. The van der Waals surface area contributed by atoms with E-state index in [1.54, 1.807) is 0 Å². The van der Waals surface area contributed by atoms with Crippen molar-refractivity contribution in [2.75, 3.05) is 6.61 Å². The average molecular weight is 290 g/mol. The van der Waals surface area contributed by atoms with Crippen LogP contribution in [0.2, 0.25) is 0 Å². The summed E-state index contributed by atoms with van der Waals surface area (Å²) >= 11 is 0. The van der Waals surface area contributed by atoms with Crippen LogP contribution in [0.15, 0.2) is 12.1 Å². The van der Waals surface area contributed by atoms with Crippen LogP contribution < -0.4 is 10.1 Å². The summed E-state index contributed by atoms with van der Waals surface area (Å²) in [6.07, 6.45) is 7.70. The van der Waals surface area contributed by atoms with E-state index in [4.69, 9.17) is 4.74 Å². The highest BCUT2D eigenvalue weighted by Gasteiger charge is 2.14. The Labute approximate surface area is 129 Å². The lowest BCUT2D eigenvalue weighted by Crippen LogP contribution is -2.22. The second kappa shape index (κ2) is 8.38. The van der Waals surface area contributed by atoms with E-state index in [9.17, 15) is 0 Å². The van der Waals surface area contributed by atoms with Gasteiger partial charge in [0.2, 0.25) is 5.88 Å². The van der Waals surface area contributed by atoms with Crippen LogP contribution in [0.4, 0.5) is 0 Å². The first-order valence-electron chi connectivity index (χ1n) is 8.53. The third-order valence-electron chi connectivity index (χ3n) is 4.18. The molecule has 21 heavy (non-hydrogen) atoms. The van der Waals surface area contributed by atoms with Crippen molar-refractivity contribution in [3.63, 3.8) is 0 Å². The Morgan fingerprint density at radius 1 is 1.24 bits per heavy atom. The molecule has 0 saturated heterocycles. The van der Waals surface area contributed by atoms with Crippen molar-refractivity contribution in [2.24, 2.45) is 5.92 Å². The smallest absolute Gasteiger partial charge is 0.213 e. The Kier molecular flexibility index (Phi) is 6.50. The SMILES string of the molecule is CCc1cc(CNC(C)C)cc(OCC2CCCCC2)n1. The molecule has 1 N–H and O–H groups in total. The molecule has 0 unspecified atom stereocenters. The number of rotatable bonds is 7. The van der Waals surface area contributed by atoms with Gasteiger partial charge in [-0.2, -0.15) is 0 Å². The van der Waals surface area contributed by atoms with Crippen LogP contribution in [0, 0.1) is 5.92 Å². The number of hydrogen-bond donors (Lipinski definition) is 1. The number of nitrogens with zero attached hydrogens (tertiary/aromatic N) is 1. The van der Waals surface area contributed by atoms with Crippen molar-refractivity contribution in [1.29, 1.82) is 0 Å². The fourth-order valence-electron chi connectivity index (χ4n) is 2.86. The summed E-state index contributed by atoms with van der Waals surface area (Å²) in [5, 5.41) is 3.46. The van der Waals surface area contributed by atoms with E-state index in [-0.39, 0.29) is 0 Å². The average Bonchev–Trinajstić information content (AvgIpc) is 2.51. The second-order valence-electron chi connectivity index (χ2n) is 6.51. The van der Waals surface area contributed by atoms with Gasteiger partial charge in [-0.3, -0.25) is 0 Å². The summed E-state index contributed by atoms with van der Waals surface area (Å²) in [4.78, 5) is 4.61. The fraction of sp³-hybridized carbons (Fsp3) is 0.722. The van der Waals surface area contributed by atoms with Crippen molar-refractivity contribution in [3.05, 3.63) is 23.4 Å². The number of nitrogens with one attached hydrogen (secondary N) is 1. The zero-order chi connectivity index (χ0) is 15.1. The molecule has 0 atom stereocenters. The van der Waals surface area contributed by atoms with E-state index in [0.29, 0.717) is 6.04 Å². The Morgan fingerprint density at radius 2 is 2.00 bits per heavy atom. The van der Waals surface area contributed by atoms with Gasteiger partial charge >= 0.3 is 0 Å². The van der Waals surface area contributed by atoms with E-state index < -0.39 is 0 Å². The van der Waals surface area contributed by atoms with Crippen LogP contribution >= 0.6 is 0 Å². The summed E-state index contributed by atoms with van der Waals surface area (Å²) < 4.78 is 6.00. The van der Waals surface area contributed by atoms with E-state index in [2.05, 4.69) is 43.2 Å². The molecule has 1 aromatic rings.